The Labute approximate surface area is 111 Å². The molecule has 19 heavy (non-hydrogen) atoms. The summed E-state index contributed by atoms with van der Waals surface area (Å²) in [6, 6.07) is 5.39. The van der Waals surface area contributed by atoms with Crippen LogP contribution in [0.4, 0.5) is 0 Å². The number of aromatic nitrogens is 3. The normalized spacial score (nSPS) is 10.2. The summed E-state index contributed by atoms with van der Waals surface area (Å²) in [5, 5.41) is 4.05. The van der Waals surface area contributed by atoms with E-state index in [1.54, 1.807) is 37.0 Å². The predicted molar refractivity (Wildman–Crippen MR) is 67.7 cm³/mol. The van der Waals surface area contributed by atoms with Gasteiger partial charge in [0.05, 0.1) is 18.5 Å². The average Bonchev–Trinajstić information content (AvgIpc) is 2.79. The van der Waals surface area contributed by atoms with E-state index in [0.29, 0.717) is 23.7 Å². The number of aryl methyl sites for hydroxylation is 1. The second-order valence-corrected chi connectivity index (χ2v) is 3.81. The molecule has 0 bridgehead atoms. The third-order valence-corrected chi connectivity index (χ3v) is 2.55. The summed E-state index contributed by atoms with van der Waals surface area (Å²) < 4.78 is 12.1. The maximum Gasteiger partial charge on any atom is 0.341 e. The van der Waals surface area contributed by atoms with Gasteiger partial charge in [-0.3, -0.25) is 4.68 Å². The third-order valence-electron chi connectivity index (χ3n) is 2.55. The van der Waals surface area contributed by atoms with E-state index >= 15 is 0 Å². The van der Waals surface area contributed by atoms with Crippen molar-refractivity contribution in [3.8, 4) is 5.88 Å². The molecule has 100 valence electrons. The highest BCUT2D eigenvalue weighted by molar-refractivity contribution is 5.90. The average molecular weight is 261 g/mol. The van der Waals surface area contributed by atoms with Crippen molar-refractivity contribution in [2.45, 2.75) is 13.5 Å². The Bertz CT molecular complexity index is 552. The van der Waals surface area contributed by atoms with Gasteiger partial charge in [0.1, 0.15) is 12.2 Å². The second-order valence-electron chi connectivity index (χ2n) is 3.81. The maximum absolute atomic E-state index is 11.7. The van der Waals surface area contributed by atoms with Gasteiger partial charge in [0.25, 0.3) is 0 Å². The van der Waals surface area contributed by atoms with Crippen LogP contribution in [-0.4, -0.2) is 27.3 Å². The Kier molecular flexibility index (Phi) is 4.12. The Morgan fingerprint density at radius 3 is 2.95 bits per heavy atom. The summed E-state index contributed by atoms with van der Waals surface area (Å²) in [4.78, 5) is 15.8. The first-order valence-corrected chi connectivity index (χ1v) is 5.94. The molecule has 0 unspecified atom stereocenters. The summed E-state index contributed by atoms with van der Waals surface area (Å²) in [6.45, 7) is 2.30. The Hall–Kier alpha value is -2.37. The standard InChI is InChI=1S/C13H15N3O3/c1-3-18-13(17)10-8-15-16(2)11(10)9-19-12-6-4-5-7-14-12/h4-8H,3,9H2,1-2H3. The first kappa shape index (κ1) is 13.1. The molecule has 2 aromatic rings. The first-order valence-electron chi connectivity index (χ1n) is 5.94. The van der Waals surface area contributed by atoms with Crippen LogP contribution >= 0.6 is 0 Å². The van der Waals surface area contributed by atoms with E-state index in [0.717, 1.165) is 0 Å². The molecular weight excluding hydrogens is 246 g/mol. The van der Waals surface area contributed by atoms with E-state index in [1.165, 1.54) is 6.20 Å². The highest BCUT2D eigenvalue weighted by atomic mass is 16.5. The molecule has 0 aromatic carbocycles. The van der Waals surface area contributed by atoms with Crippen molar-refractivity contribution in [2.75, 3.05) is 6.61 Å². The van der Waals surface area contributed by atoms with E-state index in [1.807, 2.05) is 6.07 Å². The minimum atomic E-state index is -0.393. The number of hydrogen-bond donors (Lipinski definition) is 0. The summed E-state index contributed by atoms with van der Waals surface area (Å²) >= 11 is 0. The highest BCUT2D eigenvalue weighted by Gasteiger charge is 2.17. The molecule has 0 fully saturated rings. The number of nitrogens with zero attached hydrogens (tertiary/aromatic N) is 3. The molecule has 0 atom stereocenters. The van der Waals surface area contributed by atoms with Gasteiger partial charge in [0, 0.05) is 19.3 Å². The van der Waals surface area contributed by atoms with Gasteiger partial charge in [-0.1, -0.05) is 6.07 Å². The van der Waals surface area contributed by atoms with Crippen molar-refractivity contribution in [2.24, 2.45) is 7.05 Å². The van der Waals surface area contributed by atoms with Gasteiger partial charge < -0.3 is 9.47 Å². The van der Waals surface area contributed by atoms with Gasteiger partial charge >= 0.3 is 5.97 Å². The van der Waals surface area contributed by atoms with Crippen LogP contribution in [0.2, 0.25) is 0 Å². The van der Waals surface area contributed by atoms with Crippen molar-refractivity contribution in [3.05, 3.63) is 41.9 Å². The van der Waals surface area contributed by atoms with E-state index in [-0.39, 0.29) is 6.61 Å². The minimum absolute atomic E-state index is 0.210. The Morgan fingerprint density at radius 1 is 1.42 bits per heavy atom. The van der Waals surface area contributed by atoms with E-state index in [9.17, 15) is 4.79 Å². The number of carbonyl (C=O) groups is 1. The van der Waals surface area contributed by atoms with Gasteiger partial charge in [0.2, 0.25) is 5.88 Å². The van der Waals surface area contributed by atoms with Crippen molar-refractivity contribution in [3.63, 3.8) is 0 Å². The molecule has 0 spiro atoms. The fourth-order valence-corrected chi connectivity index (χ4v) is 1.59. The topological polar surface area (TPSA) is 66.2 Å². The molecular formula is C13H15N3O3. The Balaban J connectivity index is 2.11. The smallest absolute Gasteiger partial charge is 0.341 e. The van der Waals surface area contributed by atoms with Gasteiger partial charge in [-0.05, 0) is 13.0 Å². The van der Waals surface area contributed by atoms with Crippen molar-refractivity contribution >= 4 is 5.97 Å². The summed E-state index contributed by atoms with van der Waals surface area (Å²) in [7, 11) is 1.75. The molecule has 0 saturated heterocycles. The molecule has 0 aliphatic carbocycles. The number of carbonyl (C=O) groups excluding carboxylic acids is 1. The molecule has 2 rings (SSSR count). The lowest BCUT2D eigenvalue weighted by molar-refractivity contribution is 0.0523. The fraction of sp³-hybridized carbons (Fsp3) is 0.308. The van der Waals surface area contributed by atoms with Gasteiger partial charge in [-0.2, -0.15) is 5.10 Å². The maximum atomic E-state index is 11.7. The van der Waals surface area contributed by atoms with E-state index < -0.39 is 5.97 Å². The van der Waals surface area contributed by atoms with Crippen LogP contribution in [0.1, 0.15) is 23.0 Å². The largest absolute Gasteiger partial charge is 0.471 e. The van der Waals surface area contributed by atoms with Crippen molar-refractivity contribution in [1.29, 1.82) is 0 Å². The predicted octanol–water partition coefficient (Wildman–Crippen LogP) is 1.57. The molecule has 0 amide bonds. The van der Waals surface area contributed by atoms with Crippen LogP contribution in [-0.2, 0) is 18.4 Å². The molecule has 6 heteroatoms. The summed E-state index contributed by atoms with van der Waals surface area (Å²) in [5.74, 6) is 0.105. The lowest BCUT2D eigenvalue weighted by Crippen LogP contribution is -2.11. The van der Waals surface area contributed by atoms with Crippen LogP contribution in [0.15, 0.2) is 30.6 Å². The van der Waals surface area contributed by atoms with Gasteiger partial charge in [0.15, 0.2) is 0 Å². The molecule has 6 nitrogen and oxygen atoms in total. The van der Waals surface area contributed by atoms with E-state index in [4.69, 9.17) is 9.47 Å². The molecule has 2 aromatic heterocycles. The van der Waals surface area contributed by atoms with Gasteiger partial charge in [-0.15, -0.1) is 0 Å². The van der Waals surface area contributed by atoms with Crippen molar-refractivity contribution < 1.29 is 14.3 Å². The quantitative estimate of drug-likeness (QED) is 0.764. The SMILES string of the molecule is CCOC(=O)c1cnn(C)c1COc1ccccn1. The number of pyridine rings is 1. The van der Waals surface area contributed by atoms with Crippen LogP contribution < -0.4 is 4.74 Å². The number of esters is 1. The lowest BCUT2D eigenvalue weighted by atomic mass is 10.2. The first-order chi connectivity index (χ1) is 9.22. The zero-order chi connectivity index (χ0) is 13.7. The number of rotatable bonds is 5. The van der Waals surface area contributed by atoms with Crippen LogP contribution in [0.5, 0.6) is 5.88 Å². The second kappa shape index (κ2) is 5.99. The van der Waals surface area contributed by atoms with Crippen LogP contribution in [0.25, 0.3) is 0 Å². The molecule has 0 aliphatic rings. The summed E-state index contributed by atoms with van der Waals surface area (Å²) in [6.07, 6.45) is 3.12. The van der Waals surface area contributed by atoms with Crippen LogP contribution in [0, 0.1) is 0 Å². The number of ether oxygens (including phenoxy) is 2. The summed E-state index contributed by atoms with van der Waals surface area (Å²) in [5.41, 5.74) is 1.07. The molecule has 0 saturated carbocycles. The fourth-order valence-electron chi connectivity index (χ4n) is 1.59. The van der Waals surface area contributed by atoms with E-state index in [2.05, 4.69) is 10.1 Å². The molecule has 0 N–H and O–H groups in total. The monoisotopic (exact) mass is 261 g/mol. The minimum Gasteiger partial charge on any atom is -0.471 e. The molecule has 0 radical (unpaired) electrons. The molecule has 2 heterocycles. The Morgan fingerprint density at radius 2 is 2.26 bits per heavy atom. The zero-order valence-corrected chi connectivity index (χ0v) is 10.9. The van der Waals surface area contributed by atoms with Crippen LogP contribution in [0.3, 0.4) is 0 Å². The molecule has 0 aliphatic heterocycles. The zero-order valence-electron chi connectivity index (χ0n) is 10.9. The highest BCUT2D eigenvalue weighted by Crippen LogP contribution is 2.13. The third kappa shape index (κ3) is 3.09. The lowest BCUT2D eigenvalue weighted by Gasteiger charge is -2.07. The number of hydrogen-bond acceptors (Lipinski definition) is 5. The van der Waals surface area contributed by atoms with Crippen molar-refractivity contribution in [1.82, 2.24) is 14.8 Å². The van der Waals surface area contributed by atoms with Gasteiger partial charge in [-0.25, -0.2) is 9.78 Å².